The van der Waals surface area contributed by atoms with Gasteiger partial charge in [0.15, 0.2) is 0 Å². The zero-order chi connectivity index (χ0) is 23.3. The van der Waals surface area contributed by atoms with Crippen molar-refractivity contribution >= 4 is 17.1 Å². The summed E-state index contributed by atoms with van der Waals surface area (Å²) < 4.78 is 1.96. The predicted octanol–water partition coefficient (Wildman–Crippen LogP) is 4.72. The molecule has 32 heavy (non-hydrogen) atoms. The molecule has 2 aromatic rings. The Bertz CT molecular complexity index is 1040. The van der Waals surface area contributed by atoms with Gasteiger partial charge >= 0.3 is 0 Å². The first-order valence-corrected chi connectivity index (χ1v) is 11.2. The van der Waals surface area contributed by atoms with Gasteiger partial charge < -0.3 is 20.1 Å². The number of nitrogens with one attached hydrogen (secondary N) is 2. The average molecular weight is 433 g/mol. The molecule has 1 fully saturated rings. The first-order chi connectivity index (χ1) is 15.2. The molecule has 1 aliphatic heterocycles. The minimum absolute atomic E-state index is 0.410. The molecule has 0 unspecified atom stereocenters. The molecule has 3 heterocycles. The van der Waals surface area contributed by atoms with Crippen LogP contribution >= 0.6 is 0 Å². The van der Waals surface area contributed by atoms with Gasteiger partial charge in [-0.25, -0.2) is 9.97 Å². The molecule has 1 saturated heterocycles. The minimum Gasteiger partial charge on any atom is -0.375 e. The first-order valence-electron chi connectivity index (χ1n) is 11.2. The van der Waals surface area contributed by atoms with E-state index in [-0.39, 0.29) is 0 Å². The van der Waals surface area contributed by atoms with Gasteiger partial charge in [-0.05, 0) is 42.7 Å². The lowest BCUT2D eigenvalue weighted by Crippen LogP contribution is -2.55. The van der Waals surface area contributed by atoms with Gasteiger partial charge in [0.2, 0.25) is 0 Å². The second kappa shape index (κ2) is 9.90. The topological polar surface area (TPSA) is 58.0 Å². The highest BCUT2D eigenvalue weighted by Crippen LogP contribution is 2.37. The number of hydrogen-bond donors (Lipinski definition) is 2. The van der Waals surface area contributed by atoms with Crippen molar-refractivity contribution in [1.82, 2.24) is 25.2 Å². The van der Waals surface area contributed by atoms with Crippen molar-refractivity contribution in [2.24, 2.45) is 12.5 Å². The molecule has 6 heteroatoms. The van der Waals surface area contributed by atoms with Gasteiger partial charge in [-0.2, -0.15) is 0 Å². The van der Waals surface area contributed by atoms with Crippen molar-refractivity contribution < 1.29 is 0 Å². The molecule has 2 aromatic heterocycles. The van der Waals surface area contributed by atoms with Crippen molar-refractivity contribution in [1.29, 1.82) is 0 Å². The van der Waals surface area contributed by atoms with Gasteiger partial charge in [0.1, 0.15) is 11.6 Å². The maximum atomic E-state index is 4.58. The average Bonchev–Trinajstić information content (AvgIpc) is 3.17. The molecule has 0 atom stereocenters. The molecular weight excluding hydrogens is 396 g/mol. The second-order valence-electron chi connectivity index (χ2n) is 9.03. The molecule has 0 bridgehead atoms. The van der Waals surface area contributed by atoms with Crippen LogP contribution in [0.2, 0.25) is 0 Å². The largest absolute Gasteiger partial charge is 0.375 e. The Morgan fingerprint density at radius 1 is 1.28 bits per heavy atom. The Morgan fingerprint density at radius 3 is 2.66 bits per heavy atom. The van der Waals surface area contributed by atoms with E-state index in [1.807, 2.05) is 56.2 Å². The summed E-state index contributed by atoms with van der Waals surface area (Å²) in [5.74, 6) is 1.87. The molecule has 0 radical (unpaired) electrons. The van der Waals surface area contributed by atoms with E-state index in [0.29, 0.717) is 5.41 Å². The maximum absolute atomic E-state index is 4.58. The highest BCUT2D eigenvalue weighted by Gasteiger charge is 2.38. The van der Waals surface area contributed by atoms with Crippen molar-refractivity contribution in [3.63, 3.8) is 0 Å². The number of allylic oxidation sites excluding steroid dienone is 4. The first kappa shape index (κ1) is 23.4. The summed E-state index contributed by atoms with van der Waals surface area (Å²) in [6.07, 6.45) is 12.0. The normalized spacial score (nSPS) is 15.8. The highest BCUT2D eigenvalue weighted by molar-refractivity contribution is 5.71. The lowest BCUT2D eigenvalue weighted by atomic mass is 9.78. The van der Waals surface area contributed by atoms with Gasteiger partial charge in [0.25, 0.3) is 0 Å². The lowest BCUT2D eigenvalue weighted by Gasteiger charge is -2.49. The smallest absolute Gasteiger partial charge is 0.129 e. The van der Waals surface area contributed by atoms with Gasteiger partial charge in [0.05, 0.1) is 18.2 Å². The van der Waals surface area contributed by atoms with Gasteiger partial charge in [-0.15, -0.1) is 0 Å². The zero-order valence-electron chi connectivity index (χ0n) is 20.1. The number of rotatable bonds is 10. The summed E-state index contributed by atoms with van der Waals surface area (Å²) in [7, 11) is 3.85. The van der Waals surface area contributed by atoms with Crippen molar-refractivity contribution in [2.45, 2.75) is 33.6 Å². The number of nitrogens with zero attached hydrogens (tertiary/aromatic N) is 4. The fourth-order valence-electron chi connectivity index (χ4n) is 4.27. The van der Waals surface area contributed by atoms with Crippen LogP contribution in [0.4, 0.5) is 5.82 Å². The minimum atomic E-state index is 0.410. The molecule has 0 aromatic carbocycles. The van der Waals surface area contributed by atoms with Crippen LogP contribution in [0.5, 0.6) is 0 Å². The Labute approximate surface area is 192 Å². The van der Waals surface area contributed by atoms with Crippen LogP contribution in [-0.4, -0.2) is 34.7 Å². The molecule has 2 N–H and O–H groups in total. The van der Waals surface area contributed by atoms with E-state index < -0.39 is 0 Å². The molecule has 1 aliphatic rings. The number of aryl methyl sites for hydroxylation is 1. The van der Waals surface area contributed by atoms with Gasteiger partial charge in [-0.1, -0.05) is 39.5 Å². The standard InChI is InChI=1S/C26H36N6/c1-8-10-26(5)16-32(17-26)25-14-22(9-11-29-25)21(4)30-24(27-6)13-19(2)12-20(3)23-15-28-18-31(23)7/h9,11-15,18,27,30H,3-4,8,10,16-17H2,1-2,5-7H3/b19-12+,24-13+. The third-order valence-corrected chi connectivity index (χ3v) is 5.89. The summed E-state index contributed by atoms with van der Waals surface area (Å²) in [5.41, 5.74) is 5.23. The monoisotopic (exact) mass is 432 g/mol. The van der Waals surface area contributed by atoms with Crippen LogP contribution in [0.3, 0.4) is 0 Å². The number of pyridine rings is 1. The van der Waals surface area contributed by atoms with E-state index in [9.17, 15) is 0 Å². The van der Waals surface area contributed by atoms with Crippen LogP contribution in [-0.2, 0) is 7.05 Å². The quantitative estimate of drug-likeness (QED) is 0.532. The van der Waals surface area contributed by atoms with E-state index in [2.05, 4.69) is 58.6 Å². The number of aromatic nitrogens is 3. The maximum Gasteiger partial charge on any atom is 0.129 e. The Hall–Kier alpha value is -3.28. The van der Waals surface area contributed by atoms with Crippen LogP contribution in [0, 0.1) is 5.41 Å². The van der Waals surface area contributed by atoms with E-state index >= 15 is 0 Å². The summed E-state index contributed by atoms with van der Waals surface area (Å²) in [5, 5.41) is 6.61. The SMILES string of the molecule is C=C(N/C(=C/C(C)=C/C(=C)c1cncn1C)NC)c1ccnc(N2CC(C)(CCC)C2)c1. The number of hydrogen-bond acceptors (Lipinski definition) is 5. The molecule has 0 spiro atoms. The van der Waals surface area contributed by atoms with Crippen LogP contribution in [0.15, 0.2) is 67.6 Å². The van der Waals surface area contributed by atoms with Crippen LogP contribution in [0.1, 0.15) is 44.9 Å². The molecule has 0 saturated carbocycles. The summed E-state index contributed by atoms with van der Waals surface area (Å²) >= 11 is 0. The van der Waals surface area contributed by atoms with E-state index in [1.165, 1.54) is 12.8 Å². The summed E-state index contributed by atoms with van der Waals surface area (Å²) in [4.78, 5) is 11.1. The summed E-state index contributed by atoms with van der Waals surface area (Å²) in [6, 6.07) is 4.10. The third kappa shape index (κ3) is 5.49. The second-order valence-corrected chi connectivity index (χ2v) is 9.03. The van der Waals surface area contributed by atoms with E-state index in [0.717, 1.165) is 52.8 Å². The molecular formula is C26H36N6. The number of imidazole rings is 1. The van der Waals surface area contributed by atoms with Crippen molar-refractivity contribution in [3.8, 4) is 0 Å². The predicted molar refractivity (Wildman–Crippen MR) is 135 cm³/mol. The molecule has 6 nitrogen and oxygen atoms in total. The van der Waals surface area contributed by atoms with Crippen molar-refractivity contribution in [2.75, 3.05) is 25.0 Å². The fourth-order valence-corrected chi connectivity index (χ4v) is 4.27. The van der Waals surface area contributed by atoms with E-state index in [1.54, 1.807) is 6.33 Å². The Morgan fingerprint density at radius 2 is 2.03 bits per heavy atom. The molecule has 0 amide bonds. The van der Waals surface area contributed by atoms with Gasteiger partial charge in [-0.3, -0.25) is 0 Å². The van der Waals surface area contributed by atoms with Gasteiger partial charge in [0, 0.05) is 50.1 Å². The van der Waals surface area contributed by atoms with Crippen LogP contribution < -0.4 is 15.5 Å². The van der Waals surface area contributed by atoms with Crippen molar-refractivity contribution in [3.05, 3.63) is 78.8 Å². The van der Waals surface area contributed by atoms with Crippen LogP contribution in [0.25, 0.3) is 11.3 Å². The zero-order valence-corrected chi connectivity index (χ0v) is 20.1. The highest BCUT2D eigenvalue weighted by atomic mass is 15.3. The van der Waals surface area contributed by atoms with E-state index in [4.69, 9.17) is 0 Å². The Kier molecular flexibility index (Phi) is 7.23. The Balaban J connectivity index is 1.67. The lowest BCUT2D eigenvalue weighted by molar-refractivity contribution is 0.220. The molecule has 170 valence electrons. The fraction of sp³-hybridized carbons (Fsp3) is 0.385. The molecule has 0 aliphatic carbocycles. The summed E-state index contributed by atoms with van der Waals surface area (Å²) in [6.45, 7) is 17.2. The number of anilines is 1. The third-order valence-electron chi connectivity index (χ3n) is 5.89. The molecule has 3 rings (SSSR count).